The second-order valence-corrected chi connectivity index (χ2v) is 6.38. The van der Waals surface area contributed by atoms with Gasteiger partial charge in [-0.1, -0.05) is 52.5 Å². The highest BCUT2D eigenvalue weighted by Gasteiger charge is 2.23. The van der Waals surface area contributed by atoms with Crippen LogP contribution in [0.1, 0.15) is 5.56 Å². The lowest BCUT2D eigenvalue weighted by atomic mass is 10.2. The Morgan fingerprint density at radius 1 is 1.09 bits per heavy atom. The fraction of sp³-hybridized carbons (Fsp3) is 0.133. The van der Waals surface area contributed by atoms with Crippen molar-refractivity contribution in [2.45, 2.75) is 11.4 Å². The number of hydrogen-bond acceptors (Lipinski definition) is 1. The summed E-state index contributed by atoms with van der Waals surface area (Å²) in [7, 11) is 0. The predicted octanol–water partition coefficient (Wildman–Crippen LogP) is 5.47. The van der Waals surface area contributed by atoms with Gasteiger partial charge < -0.3 is 4.90 Å². The first-order valence-electron chi connectivity index (χ1n) is 6.17. The predicted molar refractivity (Wildman–Crippen MR) is 89.5 cm³/mol. The van der Waals surface area contributed by atoms with E-state index in [0.29, 0.717) is 21.3 Å². The van der Waals surface area contributed by atoms with Gasteiger partial charge in [-0.15, -0.1) is 0 Å². The number of nitrogens with zero attached hydrogens (tertiary/aromatic N) is 1. The number of anilines is 1. The van der Waals surface area contributed by atoms with Crippen LogP contribution in [-0.4, -0.2) is 10.7 Å². The maximum absolute atomic E-state index is 13.1. The van der Waals surface area contributed by atoms with E-state index in [4.69, 9.17) is 46.4 Å². The Bertz CT molecular complexity index is 676. The molecule has 2 aromatic rings. The summed E-state index contributed by atoms with van der Waals surface area (Å²) in [5, 5.41) is 0.897. The fourth-order valence-electron chi connectivity index (χ4n) is 1.86. The molecular weight excluding hydrogens is 371 g/mol. The van der Waals surface area contributed by atoms with E-state index >= 15 is 0 Å². The normalized spacial score (nSPS) is 10.8. The zero-order chi connectivity index (χ0) is 16.3. The number of hydrogen-bond donors (Lipinski definition) is 0. The topological polar surface area (TPSA) is 20.3 Å². The second kappa shape index (κ2) is 7.51. The second-order valence-electron chi connectivity index (χ2n) is 4.44. The molecule has 1 amide bonds. The SMILES string of the molecule is O=C(C(Cl)Cl)N(Cc1ccc(Cl)cc1Cl)c1ccc(F)cc1. The van der Waals surface area contributed by atoms with Crippen LogP contribution < -0.4 is 4.90 Å². The molecular formula is C15H10Cl4FNO. The monoisotopic (exact) mass is 379 g/mol. The number of rotatable bonds is 4. The molecule has 0 N–H and O–H groups in total. The highest BCUT2D eigenvalue weighted by Crippen LogP contribution is 2.26. The standard InChI is InChI=1S/C15H10Cl4FNO/c16-10-2-1-9(13(17)7-10)8-21(15(22)14(18)19)12-5-3-11(20)4-6-12/h1-7,14H,8H2. The molecule has 2 nitrogen and oxygen atoms in total. The summed E-state index contributed by atoms with van der Waals surface area (Å²) in [5.74, 6) is -0.935. The maximum Gasteiger partial charge on any atom is 0.260 e. The summed E-state index contributed by atoms with van der Waals surface area (Å²) in [6, 6.07) is 10.4. The summed E-state index contributed by atoms with van der Waals surface area (Å²) in [6.07, 6.45) is 0. The van der Waals surface area contributed by atoms with Crippen molar-refractivity contribution in [2.75, 3.05) is 4.90 Å². The molecule has 0 radical (unpaired) electrons. The molecule has 116 valence electrons. The van der Waals surface area contributed by atoms with Gasteiger partial charge in [0.05, 0.1) is 6.54 Å². The van der Waals surface area contributed by atoms with Crippen LogP contribution in [0.5, 0.6) is 0 Å². The van der Waals surface area contributed by atoms with Crippen molar-refractivity contribution in [3.63, 3.8) is 0 Å². The minimum atomic E-state index is -1.24. The van der Waals surface area contributed by atoms with Gasteiger partial charge in [0.25, 0.3) is 5.91 Å². The Hall–Kier alpha value is -1.00. The molecule has 2 rings (SSSR count). The van der Waals surface area contributed by atoms with Crippen LogP contribution in [0.2, 0.25) is 10.0 Å². The lowest BCUT2D eigenvalue weighted by Gasteiger charge is -2.24. The molecule has 0 fully saturated rings. The third kappa shape index (κ3) is 4.26. The Kier molecular flexibility index (Phi) is 5.93. The smallest absolute Gasteiger partial charge is 0.260 e. The first-order valence-corrected chi connectivity index (χ1v) is 7.80. The van der Waals surface area contributed by atoms with Gasteiger partial charge in [0.2, 0.25) is 0 Å². The molecule has 0 aliphatic rings. The first kappa shape index (κ1) is 17.4. The Morgan fingerprint density at radius 2 is 1.73 bits per heavy atom. The van der Waals surface area contributed by atoms with Crippen molar-refractivity contribution in [1.29, 1.82) is 0 Å². The molecule has 0 aromatic heterocycles. The van der Waals surface area contributed by atoms with Crippen LogP contribution in [0.3, 0.4) is 0 Å². The van der Waals surface area contributed by atoms with Crippen molar-refractivity contribution >= 4 is 58.0 Å². The zero-order valence-corrected chi connectivity index (χ0v) is 14.1. The molecule has 2 aromatic carbocycles. The van der Waals surface area contributed by atoms with Crippen LogP contribution >= 0.6 is 46.4 Å². The van der Waals surface area contributed by atoms with Gasteiger partial charge in [0.15, 0.2) is 4.84 Å². The van der Waals surface area contributed by atoms with E-state index in [1.807, 2.05) is 0 Å². The molecule has 7 heteroatoms. The minimum Gasteiger partial charge on any atom is -0.306 e. The third-order valence-electron chi connectivity index (χ3n) is 2.93. The lowest BCUT2D eigenvalue weighted by molar-refractivity contribution is -0.117. The lowest BCUT2D eigenvalue weighted by Crippen LogP contribution is -2.34. The van der Waals surface area contributed by atoms with E-state index in [1.54, 1.807) is 18.2 Å². The number of alkyl halides is 2. The van der Waals surface area contributed by atoms with E-state index < -0.39 is 16.6 Å². The molecule has 0 spiro atoms. The van der Waals surface area contributed by atoms with Crippen molar-refractivity contribution in [3.05, 3.63) is 63.9 Å². The number of carbonyl (C=O) groups excluding carboxylic acids is 1. The van der Waals surface area contributed by atoms with Gasteiger partial charge in [-0.05, 0) is 42.0 Å². The molecule has 0 atom stereocenters. The molecule has 0 unspecified atom stereocenters. The largest absolute Gasteiger partial charge is 0.306 e. The Labute approximate surface area is 147 Å². The van der Waals surface area contributed by atoms with E-state index in [1.165, 1.54) is 29.2 Å². The van der Waals surface area contributed by atoms with E-state index in [-0.39, 0.29) is 6.54 Å². The van der Waals surface area contributed by atoms with Crippen molar-refractivity contribution < 1.29 is 9.18 Å². The molecule has 0 saturated heterocycles. The third-order valence-corrected chi connectivity index (χ3v) is 3.89. The number of halogens is 5. The number of carbonyl (C=O) groups is 1. The van der Waals surface area contributed by atoms with Crippen molar-refractivity contribution in [3.8, 4) is 0 Å². The van der Waals surface area contributed by atoms with E-state index in [9.17, 15) is 9.18 Å². The Balaban J connectivity index is 2.36. The maximum atomic E-state index is 13.1. The summed E-state index contributed by atoms with van der Waals surface area (Å²) >= 11 is 23.3. The van der Waals surface area contributed by atoms with E-state index in [2.05, 4.69) is 0 Å². The minimum absolute atomic E-state index is 0.135. The molecule has 0 aliphatic heterocycles. The molecule has 0 heterocycles. The van der Waals surface area contributed by atoms with Gasteiger partial charge in [0, 0.05) is 15.7 Å². The highest BCUT2D eigenvalue weighted by atomic mass is 35.5. The van der Waals surface area contributed by atoms with Gasteiger partial charge in [-0.2, -0.15) is 0 Å². The molecule has 0 aliphatic carbocycles. The van der Waals surface area contributed by atoms with Gasteiger partial charge >= 0.3 is 0 Å². The van der Waals surface area contributed by atoms with Gasteiger partial charge in [0.1, 0.15) is 5.82 Å². The fourth-order valence-corrected chi connectivity index (χ4v) is 2.56. The van der Waals surface area contributed by atoms with Crippen LogP contribution in [0.25, 0.3) is 0 Å². The first-order chi connectivity index (χ1) is 10.4. The van der Waals surface area contributed by atoms with Crippen LogP contribution in [-0.2, 0) is 11.3 Å². The average Bonchev–Trinajstić information content (AvgIpc) is 2.47. The molecule has 22 heavy (non-hydrogen) atoms. The van der Waals surface area contributed by atoms with Crippen LogP contribution in [0.4, 0.5) is 10.1 Å². The summed E-state index contributed by atoms with van der Waals surface area (Å²) in [6.45, 7) is 0.135. The van der Waals surface area contributed by atoms with Gasteiger partial charge in [-0.25, -0.2) is 4.39 Å². The van der Waals surface area contributed by atoms with Gasteiger partial charge in [-0.3, -0.25) is 4.79 Å². The Morgan fingerprint density at radius 3 is 2.27 bits per heavy atom. The van der Waals surface area contributed by atoms with E-state index in [0.717, 1.165) is 0 Å². The van der Waals surface area contributed by atoms with Crippen LogP contribution in [0.15, 0.2) is 42.5 Å². The number of amides is 1. The quantitative estimate of drug-likeness (QED) is 0.644. The summed E-state index contributed by atoms with van der Waals surface area (Å²) in [5.41, 5.74) is 1.13. The highest BCUT2D eigenvalue weighted by molar-refractivity contribution is 6.54. The molecule has 0 saturated carbocycles. The van der Waals surface area contributed by atoms with Crippen molar-refractivity contribution in [1.82, 2.24) is 0 Å². The van der Waals surface area contributed by atoms with Crippen molar-refractivity contribution in [2.24, 2.45) is 0 Å². The van der Waals surface area contributed by atoms with Crippen LogP contribution in [0, 0.1) is 5.82 Å². The zero-order valence-electron chi connectivity index (χ0n) is 11.1. The molecule has 0 bridgehead atoms. The number of benzene rings is 2. The average molecular weight is 381 g/mol. The summed E-state index contributed by atoms with van der Waals surface area (Å²) < 4.78 is 13.1. The summed E-state index contributed by atoms with van der Waals surface area (Å²) in [4.78, 5) is 12.3.